The molecule has 3 N–H and O–H groups in total. The van der Waals surface area contributed by atoms with Crippen molar-refractivity contribution in [2.24, 2.45) is 0 Å². The average Bonchev–Trinajstić information content (AvgIpc) is 3.47. The van der Waals surface area contributed by atoms with Crippen LogP contribution in [0.4, 0.5) is 10.2 Å². The molecule has 11 nitrogen and oxygen atoms in total. The summed E-state index contributed by atoms with van der Waals surface area (Å²) < 4.78 is 33.6. The molecule has 1 aliphatic rings. The van der Waals surface area contributed by atoms with Crippen molar-refractivity contribution in [2.75, 3.05) is 18.9 Å². The molecule has 0 radical (unpaired) electrons. The van der Waals surface area contributed by atoms with E-state index in [1.54, 1.807) is 13.0 Å². The number of nitrogens with two attached hydrogens (primary N) is 1. The number of alkyl halides is 1. The summed E-state index contributed by atoms with van der Waals surface area (Å²) in [4.78, 5) is 38.2. The van der Waals surface area contributed by atoms with Gasteiger partial charge in [0.25, 0.3) is 0 Å². The molecule has 1 aliphatic heterocycles. The van der Waals surface area contributed by atoms with E-state index in [0.717, 1.165) is 10.8 Å². The molecule has 4 aromatic rings. The number of nitrogen functional groups attached to an aromatic ring is 1. The molecule has 2 aromatic heterocycles. The van der Waals surface area contributed by atoms with Crippen LogP contribution in [-0.2, 0) is 30.2 Å². The minimum Gasteiger partial charge on any atom is -0.463 e. The van der Waals surface area contributed by atoms with E-state index >= 15 is 4.39 Å². The monoisotopic (exact) mass is 571 g/mol. The standard InChI is InChI=1S/C27H27ClFN5O6/c1-3-38-25(37)27(14(2)35,11-15-8-9-16-6-4-5-7-17(16)10-15)39-12-18-21(36)19(29)24(40-18)34-13-31-20-22(30)32-26(28)33-23(20)34/h4-10,13,18-19,21,24,36H,3,11-12H2,1-2H3,(H2,30,32,33)/t18-,19+,21-,24-,27?/m1/s1. The summed E-state index contributed by atoms with van der Waals surface area (Å²) in [7, 11) is 0. The van der Waals surface area contributed by atoms with Gasteiger partial charge in [0.2, 0.25) is 10.9 Å². The second-order valence-electron chi connectivity index (χ2n) is 9.48. The van der Waals surface area contributed by atoms with E-state index < -0.39 is 48.6 Å². The number of aliphatic hydroxyl groups is 1. The summed E-state index contributed by atoms with van der Waals surface area (Å²) in [5.41, 5.74) is 4.73. The number of aliphatic hydroxyl groups excluding tert-OH is 1. The predicted molar refractivity (Wildman–Crippen MR) is 143 cm³/mol. The van der Waals surface area contributed by atoms with Gasteiger partial charge in [-0.05, 0) is 41.8 Å². The van der Waals surface area contributed by atoms with E-state index in [9.17, 15) is 14.7 Å². The second-order valence-corrected chi connectivity index (χ2v) is 9.81. The maximum Gasteiger partial charge on any atom is 0.346 e. The summed E-state index contributed by atoms with van der Waals surface area (Å²) in [6.45, 7) is 2.34. The van der Waals surface area contributed by atoms with Gasteiger partial charge in [0.05, 0.1) is 19.5 Å². The molecule has 3 heterocycles. The van der Waals surface area contributed by atoms with Gasteiger partial charge in [-0.3, -0.25) is 9.36 Å². The number of anilines is 1. The second kappa shape index (κ2) is 11.0. The topological polar surface area (TPSA) is 152 Å². The number of ether oxygens (including phenoxy) is 3. The molecule has 2 aromatic carbocycles. The van der Waals surface area contributed by atoms with Crippen molar-refractivity contribution < 1.29 is 33.3 Å². The van der Waals surface area contributed by atoms with Crippen molar-refractivity contribution in [1.82, 2.24) is 19.5 Å². The van der Waals surface area contributed by atoms with Crippen LogP contribution in [0.15, 0.2) is 48.8 Å². The number of hydrogen-bond donors (Lipinski definition) is 2. The van der Waals surface area contributed by atoms with Crippen molar-refractivity contribution in [3.05, 3.63) is 59.6 Å². The van der Waals surface area contributed by atoms with Gasteiger partial charge in [-0.1, -0.05) is 42.5 Å². The van der Waals surface area contributed by atoms with Crippen LogP contribution in [0.3, 0.4) is 0 Å². The van der Waals surface area contributed by atoms with Crippen molar-refractivity contribution >= 4 is 51.1 Å². The van der Waals surface area contributed by atoms with Gasteiger partial charge in [0.15, 0.2) is 29.6 Å². The number of halogens is 2. The Labute approximate surface area is 233 Å². The lowest BCUT2D eigenvalue weighted by Crippen LogP contribution is -2.52. The van der Waals surface area contributed by atoms with Gasteiger partial charge in [-0.15, -0.1) is 0 Å². The Balaban J connectivity index is 1.41. The van der Waals surface area contributed by atoms with Gasteiger partial charge in [-0.25, -0.2) is 14.2 Å². The minimum atomic E-state index is -2.05. The number of imidazole rings is 1. The minimum absolute atomic E-state index is 0.00282. The summed E-state index contributed by atoms with van der Waals surface area (Å²) >= 11 is 5.91. The van der Waals surface area contributed by atoms with Crippen molar-refractivity contribution in [3.63, 3.8) is 0 Å². The zero-order valence-electron chi connectivity index (χ0n) is 21.7. The number of carbonyl (C=O) groups is 2. The lowest BCUT2D eigenvalue weighted by molar-refractivity contribution is -0.183. The molecule has 210 valence electrons. The van der Waals surface area contributed by atoms with E-state index in [1.165, 1.54) is 17.8 Å². The lowest BCUT2D eigenvalue weighted by atomic mass is 9.89. The van der Waals surface area contributed by atoms with E-state index in [4.69, 9.17) is 31.5 Å². The Morgan fingerprint density at radius 1 is 1.23 bits per heavy atom. The SMILES string of the molecule is CCOC(=O)C(Cc1ccc2ccccc2c1)(OC[C@H]1O[C@@H](n2cnc3c(N)nc(Cl)nc32)[C@@H](F)[C@@H]1O)C(C)=O. The molecule has 13 heteroatoms. The fraction of sp³-hybridized carbons (Fsp3) is 0.370. The molecule has 40 heavy (non-hydrogen) atoms. The zero-order valence-corrected chi connectivity index (χ0v) is 22.4. The van der Waals surface area contributed by atoms with Crippen LogP contribution in [-0.4, -0.2) is 73.6 Å². The first-order chi connectivity index (χ1) is 19.1. The van der Waals surface area contributed by atoms with Gasteiger partial charge in [0, 0.05) is 6.42 Å². The average molecular weight is 572 g/mol. The van der Waals surface area contributed by atoms with Crippen LogP contribution in [0, 0.1) is 0 Å². The van der Waals surface area contributed by atoms with Crippen molar-refractivity contribution in [2.45, 2.75) is 50.5 Å². The summed E-state index contributed by atoms with van der Waals surface area (Å²) in [6, 6.07) is 13.2. The van der Waals surface area contributed by atoms with E-state index in [0.29, 0.717) is 5.56 Å². The first-order valence-corrected chi connectivity index (χ1v) is 13.0. The van der Waals surface area contributed by atoms with E-state index in [1.807, 2.05) is 36.4 Å². The van der Waals surface area contributed by atoms with Crippen molar-refractivity contribution in [1.29, 1.82) is 0 Å². The van der Waals surface area contributed by atoms with Crippen LogP contribution >= 0.6 is 11.6 Å². The third-order valence-electron chi connectivity index (χ3n) is 6.92. The predicted octanol–water partition coefficient (Wildman–Crippen LogP) is 2.96. The van der Waals surface area contributed by atoms with Crippen LogP contribution in [0.1, 0.15) is 25.6 Å². The van der Waals surface area contributed by atoms with E-state index in [-0.39, 0.29) is 35.3 Å². The first-order valence-electron chi connectivity index (χ1n) is 12.6. The van der Waals surface area contributed by atoms with Gasteiger partial charge in [0.1, 0.15) is 17.7 Å². The molecular formula is C27H27ClFN5O6. The molecule has 0 aliphatic carbocycles. The Bertz CT molecular complexity index is 1580. The number of rotatable bonds is 9. The first kappa shape index (κ1) is 27.8. The van der Waals surface area contributed by atoms with Gasteiger partial charge in [-0.2, -0.15) is 9.97 Å². The number of benzene rings is 2. The molecule has 0 saturated carbocycles. The number of ketones is 1. The van der Waals surface area contributed by atoms with Crippen LogP contribution in [0.5, 0.6) is 0 Å². The zero-order chi connectivity index (χ0) is 28.6. The lowest BCUT2D eigenvalue weighted by Gasteiger charge is -2.31. The molecule has 0 spiro atoms. The molecule has 1 unspecified atom stereocenters. The fourth-order valence-electron chi connectivity index (χ4n) is 4.82. The summed E-state index contributed by atoms with van der Waals surface area (Å²) in [6.07, 6.45) is -5.11. The summed E-state index contributed by atoms with van der Waals surface area (Å²) in [5.74, 6) is -1.50. The molecule has 5 rings (SSSR count). The Kier molecular flexibility index (Phi) is 7.69. The molecule has 0 amide bonds. The number of aromatic nitrogens is 4. The third-order valence-corrected chi connectivity index (χ3v) is 7.09. The Morgan fingerprint density at radius 2 is 1.98 bits per heavy atom. The molecular weight excluding hydrogens is 545 g/mol. The quantitative estimate of drug-likeness (QED) is 0.174. The molecule has 5 atom stereocenters. The smallest absolute Gasteiger partial charge is 0.346 e. The maximum atomic E-state index is 15.3. The number of nitrogens with zero attached hydrogens (tertiary/aromatic N) is 4. The van der Waals surface area contributed by atoms with Crippen molar-refractivity contribution in [3.8, 4) is 0 Å². The largest absolute Gasteiger partial charge is 0.463 e. The Morgan fingerprint density at radius 3 is 2.70 bits per heavy atom. The van der Waals surface area contributed by atoms with E-state index in [2.05, 4.69) is 15.0 Å². The van der Waals surface area contributed by atoms with Crippen LogP contribution in [0.2, 0.25) is 5.28 Å². The normalized spacial score (nSPS) is 22.4. The Hall–Kier alpha value is -3.71. The number of fused-ring (bicyclic) bond motifs is 2. The highest BCUT2D eigenvalue weighted by Crippen LogP contribution is 2.36. The number of hydrogen-bond acceptors (Lipinski definition) is 10. The highest BCUT2D eigenvalue weighted by atomic mass is 35.5. The number of esters is 1. The highest BCUT2D eigenvalue weighted by Gasteiger charge is 2.51. The number of carbonyl (C=O) groups excluding carboxylic acids is 2. The highest BCUT2D eigenvalue weighted by molar-refractivity contribution is 6.28. The summed E-state index contributed by atoms with van der Waals surface area (Å²) in [5, 5.41) is 12.4. The van der Waals surface area contributed by atoms with Crippen LogP contribution < -0.4 is 5.73 Å². The molecule has 0 bridgehead atoms. The fourth-order valence-corrected chi connectivity index (χ4v) is 4.99. The molecule has 1 fully saturated rings. The number of Topliss-reactive ketones (excluding diaryl/α,β-unsaturated/α-hetero) is 1. The van der Waals surface area contributed by atoms with Gasteiger partial charge < -0.3 is 25.1 Å². The van der Waals surface area contributed by atoms with Crippen LogP contribution in [0.25, 0.3) is 21.9 Å². The van der Waals surface area contributed by atoms with Gasteiger partial charge >= 0.3 is 5.97 Å². The maximum absolute atomic E-state index is 15.3. The third kappa shape index (κ3) is 4.99. The molecule has 1 saturated heterocycles.